The molecule has 0 radical (unpaired) electrons. The van der Waals surface area contributed by atoms with Crippen LogP contribution in [0.3, 0.4) is 0 Å². The van der Waals surface area contributed by atoms with Crippen LogP contribution < -0.4 is 9.64 Å². The van der Waals surface area contributed by atoms with Crippen LogP contribution in [0.5, 0.6) is 5.75 Å². The number of methoxy groups -OCH3 is 1. The van der Waals surface area contributed by atoms with Gasteiger partial charge in [0, 0.05) is 38.2 Å². The fourth-order valence-corrected chi connectivity index (χ4v) is 3.93. The van der Waals surface area contributed by atoms with E-state index in [0.29, 0.717) is 12.3 Å². The van der Waals surface area contributed by atoms with Gasteiger partial charge in [0.1, 0.15) is 12.4 Å². The smallest absolute Gasteiger partial charge is 0.159 e. The van der Waals surface area contributed by atoms with E-state index in [4.69, 9.17) is 9.47 Å². The minimum atomic E-state index is 0.155. The van der Waals surface area contributed by atoms with E-state index in [-0.39, 0.29) is 18.3 Å². The van der Waals surface area contributed by atoms with Crippen LogP contribution in [0.25, 0.3) is 0 Å². The summed E-state index contributed by atoms with van der Waals surface area (Å²) in [7, 11) is 1.57. The lowest BCUT2D eigenvalue weighted by atomic mass is 9.88. The number of nitrogens with zero attached hydrogens (tertiary/aromatic N) is 1. The van der Waals surface area contributed by atoms with Gasteiger partial charge in [0.25, 0.3) is 0 Å². The summed E-state index contributed by atoms with van der Waals surface area (Å²) in [6.07, 6.45) is 3.17. The number of ether oxygens (including phenoxy) is 2. The van der Waals surface area contributed by atoms with Crippen molar-refractivity contribution in [2.24, 2.45) is 5.92 Å². The molecule has 1 aliphatic carbocycles. The molecule has 154 valence electrons. The summed E-state index contributed by atoms with van der Waals surface area (Å²) in [5.74, 6) is 2.71. The van der Waals surface area contributed by atoms with Crippen LogP contribution >= 0.6 is 0 Å². The van der Waals surface area contributed by atoms with Gasteiger partial charge in [-0.05, 0) is 60.1 Å². The first-order valence-corrected chi connectivity index (χ1v) is 10.7. The third-order valence-electron chi connectivity index (χ3n) is 6.08. The van der Waals surface area contributed by atoms with Crippen molar-refractivity contribution < 1.29 is 14.3 Å². The summed E-state index contributed by atoms with van der Waals surface area (Å²) in [6.45, 7) is 5.26. The molecule has 1 atom stereocenters. The van der Waals surface area contributed by atoms with Crippen LogP contribution in [0.2, 0.25) is 0 Å². The van der Waals surface area contributed by atoms with Crippen molar-refractivity contribution in [1.82, 2.24) is 0 Å². The highest BCUT2D eigenvalue weighted by atomic mass is 16.5. The highest BCUT2D eigenvalue weighted by molar-refractivity contribution is 5.80. The molecule has 2 aliphatic rings. The Labute approximate surface area is 173 Å². The molecule has 4 nitrogen and oxygen atoms in total. The van der Waals surface area contributed by atoms with E-state index >= 15 is 0 Å². The molecule has 0 amide bonds. The maximum absolute atomic E-state index is 11.8. The first-order chi connectivity index (χ1) is 14.1. The van der Waals surface area contributed by atoms with Crippen LogP contribution in [-0.4, -0.2) is 39.2 Å². The number of carbonyl (C=O) groups is 1. The summed E-state index contributed by atoms with van der Waals surface area (Å²) in [4.78, 5) is 14.2. The standard InChI is InChI=1S/C25H31NO3/c1-18(13-24(27)17-28-2)20-5-7-21(8-6-20)22-14-26(15-22)23-9-11-25(12-10-23)29-16-19-3-4-19/h5-12,18-19,22H,3-4,13-17H2,1-2H3/t18-/m1/s1. The Morgan fingerprint density at radius 1 is 1.07 bits per heavy atom. The van der Waals surface area contributed by atoms with Crippen molar-refractivity contribution in [3.8, 4) is 5.75 Å². The van der Waals surface area contributed by atoms with E-state index in [0.717, 1.165) is 31.4 Å². The molecule has 0 N–H and O–H groups in total. The van der Waals surface area contributed by atoms with Gasteiger partial charge < -0.3 is 14.4 Å². The predicted octanol–water partition coefficient (Wildman–Crippen LogP) is 4.79. The normalized spacial score (nSPS) is 17.7. The van der Waals surface area contributed by atoms with E-state index in [9.17, 15) is 4.79 Å². The number of rotatable bonds is 10. The van der Waals surface area contributed by atoms with Crippen LogP contribution in [-0.2, 0) is 9.53 Å². The Kier molecular flexibility index (Phi) is 6.19. The lowest BCUT2D eigenvalue weighted by Crippen LogP contribution is -2.45. The largest absolute Gasteiger partial charge is 0.493 e. The second-order valence-electron chi connectivity index (χ2n) is 8.59. The maximum atomic E-state index is 11.8. The second kappa shape index (κ2) is 9.00. The minimum Gasteiger partial charge on any atom is -0.493 e. The minimum absolute atomic E-state index is 0.155. The van der Waals surface area contributed by atoms with Gasteiger partial charge in [-0.15, -0.1) is 0 Å². The van der Waals surface area contributed by atoms with Crippen molar-refractivity contribution >= 4 is 11.5 Å². The molecule has 4 heteroatoms. The summed E-state index contributed by atoms with van der Waals surface area (Å²) in [6, 6.07) is 17.3. The number of Topliss-reactive ketones (excluding diaryl/α,β-unsaturated/α-hetero) is 1. The first kappa shape index (κ1) is 20.0. The molecule has 1 aliphatic heterocycles. The topological polar surface area (TPSA) is 38.8 Å². The number of benzene rings is 2. The van der Waals surface area contributed by atoms with E-state index in [1.54, 1.807) is 7.11 Å². The zero-order valence-electron chi connectivity index (χ0n) is 17.5. The Morgan fingerprint density at radius 3 is 2.38 bits per heavy atom. The fraction of sp³-hybridized carbons (Fsp3) is 0.480. The van der Waals surface area contributed by atoms with Gasteiger partial charge in [-0.1, -0.05) is 31.2 Å². The molecule has 1 heterocycles. The average Bonchev–Trinajstić information content (AvgIpc) is 3.51. The molecule has 29 heavy (non-hydrogen) atoms. The monoisotopic (exact) mass is 393 g/mol. The van der Waals surface area contributed by atoms with Crippen LogP contribution in [0.1, 0.15) is 49.1 Å². The van der Waals surface area contributed by atoms with Crippen molar-refractivity contribution in [3.63, 3.8) is 0 Å². The van der Waals surface area contributed by atoms with Gasteiger partial charge in [0.15, 0.2) is 5.78 Å². The molecular weight excluding hydrogens is 362 g/mol. The van der Waals surface area contributed by atoms with Crippen molar-refractivity contribution in [2.75, 3.05) is 38.3 Å². The average molecular weight is 394 g/mol. The van der Waals surface area contributed by atoms with Gasteiger partial charge in [-0.25, -0.2) is 0 Å². The molecule has 0 spiro atoms. The summed E-state index contributed by atoms with van der Waals surface area (Å²) in [5.41, 5.74) is 3.86. The molecule has 0 unspecified atom stereocenters. The highest BCUT2D eigenvalue weighted by Crippen LogP contribution is 2.34. The quantitative estimate of drug-likeness (QED) is 0.582. The summed E-state index contributed by atoms with van der Waals surface area (Å²) < 4.78 is 10.8. The predicted molar refractivity (Wildman–Crippen MR) is 116 cm³/mol. The van der Waals surface area contributed by atoms with Crippen molar-refractivity contribution in [1.29, 1.82) is 0 Å². The van der Waals surface area contributed by atoms with Gasteiger partial charge >= 0.3 is 0 Å². The third-order valence-corrected chi connectivity index (χ3v) is 6.08. The number of carbonyl (C=O) groups excluding carboxylic acids is 1. The molecule has 2 aromatic rings. The second-order valence-corrected chi connectivity index (χ2v) is 8.59. The number of ketones is 1. The number of hydrogen-bond donors (Lipinski definition) is 0. The molecular formula is C25H31NO3. The molecule has 2 fully saturated rings. The third kappa shape index (κ3) is 5.18. The van der Waals surface area contributed by atoms with Crippen LogP contribution in [0.4, 0.5) is 5.69 Å². The molecule has 2 aromatic carbocycles. The maximum Gasteiger partial charge on any atom is 0.159 e. The highest BCUT2D eigenvalue weighted by Gasteiger charge is 2.28. The van der Waals surface area contributed by atoms with E-state index in [1.807, 2.05) is 0 Å². The fourth-order valence-electron chi connectivity index (χ4n) is 3.93. The van der Waals surface area contributed by atoms with E-state index in [2.05, 4.69) is 60.4 Å². The molecule has 0 aromatic heterocycles. The summed E-state index contributed by atoms with van der Waals surface area (Å²) in [5, 5.41) is 0. The SMILES string of the molecule is COCC(=O)C[C@@H](C)c1ccc(C2CN(c3ccc(OCC4CC4)cc3)C2)cc1. The number of hydrogen-bond acceptors (Lipinski definition) is 4. The van der Waals surface area contributed by atoms with Crippen molar-refractivity contribution in [3.05, 3.63) is 59.7 Å². The lowest BCUT2D eigenvalue weighted by Gasteiger charge is -2.41. The zero-order valence-corrected chi connectivity index (χ0v) is 17.5. The number of anilines is 1. The first-order valence-electron chi connectivity index (χ1n) is 10.7. The van der Waals surface area contributed by atoms with Gasteiger partial charge in [0.05, 0.1) is 6.61 Å². The Bertz CT molecular complexity index is 805. The van der Waals surface area contributed by atoms with Crippen molar-refractivity contribution in [2.45, 2.75) is 38.0 Å². The molecule has 4 rings (SSSR count). The molecule has 0 bridgehead atoms. The van der Waals surface area contributed by atoms with Crippen LogP contribution in [0, 0.1) is 5.92 Å². The van der Waals surface area contributed by atoms with E-state index < -0.39 is 0 Å². The molecule has 1 saturated carbocycles. The lowest BCUT2D eigenvalue weighted by molar-refractivity contribution is -0.122. The Morgan fingerprint density at radius 2 is 1.76 bits per heavy atom. The van der Waals surface area contributed by atoms with Crippen LogP contribution in [0.15, 0.2) is 48.5 Å². The molecule has 1 saturated heterocycles. The van der Waals surface area contributed by atoms with Gasteiger partial charge in [0.2, 0.25) is 0 Å². The van der Waals surface area contributed by atoms with E-state index in [1.165, 1.54) is 29.7 Å². The summed E-state index contributed by atoms with van der Waals surface area (Å²) >= 11 is 0. The van der Waals surface area contributed by atoms with Gasteiger partial charge in [-0.3, -0.25) is 4.79 Å². The van der Waals surface area contributed by atoms with Gasteiger partial charge in [-0.2, -0.15) is 0 Å². The zero-order chi connectivity index (χ0) is 20.2. The Hall–Kier alpha value is -2.33. The Balaban J connectivity index is 1.26.